The van der Waals surface area contributed by atoms with Gasteiger partial charge in [-0.3, -0.25) is 4.79 Å². The molecule has 0 N–H and O–H groups in total. The van der Waals surface area contributed by atoms with Crippen LogP contribution in [0.1, 0.15) is 28.0 Å². The van der Waals surface area contributed by atoms with Crippen LogP contribution in [0, 0.1) is 19.7 Å². The summed E-state index contributed by atoms with van der Waals surface area (Å²) in [5, 5.41) is 2.28. The van der Waals surface area contributed by atoms with Gasteiger partial charge in [-0.1, -0.05) is 23.7 Å². The van der Waals surface area contributed by atoms with Crippen molar-refractivity contribution >= 4 is 45.9 Å². The van der Waals surface area contributed by atoms with Crippen LogP contribution in [-0.2, 0) is 11.3 Å². The van der Waals surface area contributed by atoms with Crippen LogP contribution in [0.15, 0.2) is 52.8 Å². The van der Waals surface area contributed by atoms with Crippen LogP contribution >= 0.6 is 22.9 Å². The second-order valence-electron chi connectivity index (χ2n) is 6.85. The Morgan fingerprint density at radius 3 is 2.68 bits per heavy atom. The Morgan fingerprint density at radius 2 is 1.96 bits per heavy atom. The maximum atomic E-state index is 13.4. The maximum Gasteiger partial charge on any atom is 0.233 e. The third-order valence-corrected chi connectivity index (χ3v) is 6.18. The average Bonchev–Trinajstić information content (AvgIpc) is 3.14. The molecule has 142 valence electrons. The minimum absolute atomic E-state index is 0.0606. The minimum Gasteiger partial charge on any atom is -0.305 e. The lowest BCUT2D eigenvalue weighted by Gasteiger charge is -2.24. The van der Waals surface area contributed by atoms with Crippen LogP contribution in [-0.4, -0.2) is 11.6 Å². The zero-order chi connectivity index (χ0) is 19.8. The maximum absolute atomic E-state index is 13.4. The molecule has 1 amide bonds. The summed E-state index contributed by atoms with van der Waals surface area (Å²) in [6, 6.07) is 12.2. The van der Waals surface area contributed by atoms with Crippen molar-refractivity contribution in [2.24, 2.45) is 4.99 Å². The Balaban J connectivity index is 1.81. The molecule has 1 aromatic heterocycles. The van der Waals surface area contributed by atoms with E-state index in [0.717, 1.165) is 33.1 Å². The fourth-order valence-corrected chi connectivity index (χ4v) is 4.17. The molecule has 0 spiro atoms. The van der Waals surface area contributed by atoms with Crippen molar-refractivity contribution < 1.29 is 9.18 Å². The summed E-state index contributed by atoms with van der Waals surface area (Å²) in [5.74, 6) is -0.458. The molecule has 0 radical (unpaired) electrons. The van der Waals surface area contributed by atoms with E-state index in [-0.39, 0.29) is 18.9 Å². The summed E-state index contributed by atoms with van der Waals surface area (Å²) in [7, 11) is 0. The molecule has 0 saturated carbocycles. The van der Waals surface area contributed by atoms with Gasteiger partial charge in [0.05, 0.1) is 30.1 Å². The number of amides is 1. The first kappa shape index (κ1) is 18.8. The Hall–Kier alpha value is -2.50. The van der Waals surface area contributed by atoms with E-state index in [2.05, 4.69) is 0 Å². The predicted octanol–water partition coefficient (Wildman–Crippen LogP) is 6.22. The van der Waals surface area contributed by atoms with Gasteiger partial charge in [0.15, 0.2) is 0 Å². The molecular formula is C22H18ClFN2OS. The summed E-state index contributed by atoms with van der Waals surface area (Å²) in [6.45, 7) is 4.31. The van der Waals surface area contributed by atoms with Crippen LogP contribution in [0.5, 0.6) is 0 Å². The lowest BCUT2D eigenvalue weighted by atomic mass is 10.1. The van der Waals surface area contributed by atoms with E-state index < -0.39 is 5.82 Å². The van der Waals surface area contributed by atoms with Crippen molar-refractivity contribution in [1.29, 1.82) is 0 Å². The quantitative estimate of drug-likeness (QED) is 0.503. The fraction of sp³-hybridized carbons (Fsp3) is 0.182. The van der Waals surface area contributed by atoms with Gasteiger partial charge >= 0.3 is 0 Å². The van der Waals surface area contributed by atoms with Gasteiger partial charge in [-0.25, -0.2) is 9.38 Å². The highest BCUT2D eigenvalue weighted by molar-refractivity contribution is 7.12. The van der Waals surface area contributed by atoms with E-state index in [1.807, 2.05) is 43.5 Å². The largest absolute Gasteiger partial charge is 0.305 e. The minimum atomic E-state index is -0.397. The highest BCUT2D eigenvalue weighted by Crippen LogP contribution is 2.37. The topological polar surface area (TPSA) is 32.7 Å². The van der Waals surface area contributed by atoms with Crippen LogP contribution in [0.3, 0.4) is 0 Å². The number of nitrogens with zero attached hydrogens (tertiary/aromatic N) is 2. The van der Waals surface area contributed by atoms with Crippen LogP contribution < -0.4 is 4.90 Å². The molecule has 0 aliphatic carbocycles. The number of hydrogen-bond donors (Lipinski definition) is 0. The molecule has 28 heavy (non-hydrogen) atoms. The molecule has 1 aliphatic heterocycles. The highest BCUT2D eigenvalue weighted by atomic mass is 35.5. The van der Waals surface area contributed by atoms with E-state index in [1.54, 1.807) is 22.3 Å². The fourth-order valence-electron chi connectivity index (χ4n) is 3.23. The van der Waals surface area contributed by atoms with Crippen molar-refractivity contribution in [3.8, 4) is 0 Å². The summed E-state index contributed by atoms with van der Waals surface area (Å²) in [4.78, 5) is 20.7. The van der Waals surface area contributed by atoms with Gasteiger partial charge in [0.1, 0.15) is 5.82 Å². The van der Waals surface area contributed by atoms with Crippen molar-refractivity contribution in [3.05, 3.63) is 80.3 Å². The van der Waals surface area contributed by atoms with Gasteiger partial charge in [-0.05, 0) is 66.2 Å². The Morgan fingerprint density at radius 1 is 1.18 bits per heavy atom. The SMILES string of the molecule is Cc1cc2c(cc1C)N(Cc1ccc(F)cc1Cl)C(=O)CC(c1cccs1)=N2. The number of thiophene rings is 1. The molecule has 3 aromatic rings. The van der Waals surface area contributed by atoms with E-state index in [4.69, 9.17) is 16.6 Å². The van der Waals surface area contributed by atoms with E-state index in [1.165, 1.54) is 12.1 Å². The van der Waals surface area contributed by atoms with Gasteiger partial charge in [0, 0.05) is 9.90 Å². The van der Waals surface area contributed by atoms with Crippen molar-refractivity contribution in [3.63, 3.8) is 0 Å². The zero-order valence-electron chi connectivity index (χ0n) is 15.5. The number of halogens is 2. The smallest absolute Gasteiger partial charge is 0.233 e. The highest BCUT2D eigenvalue weighted by Gasteiger charge is 2.26. The second-order valence-corrected chi connectivity index (χ2v) is 8.21. The molecule has 0 bridgehead atoms. The van der Waals surface area contributed by atoms with E-state index in [0.29, 0.717) is 10.6 Å². The van der Waals surface area contributed by atoms with Crippen LogP contribution in [0.2, 0.25) is 5.02 Å². The molecular weight excluding hydrogens is 395 g/mol. The summed E-state index contributed by atoms with van der Waals surface area (Å²) < 4.78 is 13.4. The van der Waals surface area contributed by atoms with Crippen molar-refractivity contribution in [2.75, 3.05) is 4.90 Å². The summed E-state index contributed by atoms with van der Waals surface area (Å²) >= 11 is 7.79. The number of aliphatic imine (C=N–C) groups is 1. The van der Waals surface area contributed by atoms with Crippen molar-refractivity contribution in [1.82, 2.24) is 0 Å². The lowest BCUT2D eigenvalue weighted by molar-refractivity contribution is -0.117. The van der Waals surface area contributed by atoms with Crippen molar-refractivity contribution in [2.45, 2.75) is 26.8 Å². The first-order valence-corrected chi connectivity index (χ1v) is 10.1. The third-order valence-electron chi connectivity index (χ3n) is 4.91. The molecule has 0 fully saturated rings. The number of aryl methyl sites for hydroxylation is 2. The molecule has 0 saturated heterocycles. The molecule has 3 nitrogen and oxygen atoms in total. The van der Waals surface area contributed by atoms with Crippen LogP contribution in [0.4, 0.5) is 15.8 Å². The van der Waals surface area contributed by atoms with Gasteiger partial charge in [-0.2, -0.15) is 0 Å². The Labute approximate surface area is 172 Å². The normalized spacial score (nSPS) is 13.9. The van der Waals surface area contributed by atoms with E-state index >= 15 is 0 Å². The lowest BCUT2D eigenvalue weighted by Crippen LogP contribution is -2.31. The first-order valence-electron chi connectivity index (χ1n) is 8.89. The molecule has 2 aromatic carbocycles. The number of carbonyl (C=O) groups is 1. The second kappa shape index (κ2) is 7.49. The Kier molecular flexibility index (Phi) is 5.04. The number of rotatable bonds is 3. The van der Waals surface area contributed by atoms with Crippen LogP contribution in [0.25, 0.3) is 0 Å². The number of fused-ring (bicyclic) bond motifs is 1. The van der Waals surface area contributed by atoms with E-state index in [9.17, 15) is 9.18 Å². The predicted molar refractivity (Wildman–Crippen MR) is 114 cm³/mol. The molecule has 1 aliphatic rings. The number of benzene rings is 2. The zero-order valence-corrected chi connectivity index (χ0v) is 17.1. The Bertz CT molecular complexity index is 1090. The standard InChI is InChI=1S/C22H18ClFN2OS/c1-13-8-18-20(9-14(13)2)26(12-15-5-6-16(24)10-17(15)23)22(27)11-19(25-18)21-4-3-7-28-21/h3-10H,11-12H2,1-2H3. The molecule has 6 heteroatoms. The summed E-state index contributed by atoms with van der Waals surface area (Å²) in [5.41, 5.74) is 5.16. The first-order chi connectivity index (χ1) is 13.4. The number of anilines is 1. The third kappa shape index (κ3) is 3.60. The molecule has 2 heterocycles. The average molecular weight is 413 g/mol. The molecule has 0 atom stereocenters. The molecule has 4 rings (SSSR count). The van der Waals surface area contributed by atoms with Gasteiger partial charge < -0.3 is 4.90 Å². The summed E-state index contributed by atoms with van der Waals surface area (Å²) in [6.07, 6.45) is 0.200. The van der Waals surface area contributed by atoms with Gasteiger partial charge in [-0.15, -0.1) is 11.3 Å². The molecule has 0 unspecified atom stereocenters. The monoisotopic (exact) mass is 412 g/mol. The van der Waals surface area contributed by atoms with Gasteiger partial charge in [0.25, 0.3) is 0 Å². The number of carbonyl (C=O) groups excluding carboxylic acids is 1. The number of hydrogen-bond acceptors (Lipinski definition) is 3. The van der Waals surface area contributed by atoms with Gasteiger partial charge in [0.2, 0.25) is 5.91 Å².